The van der Waals surface area contributed by atoms with E-state index in [-0.39, 0.29) is 37.0 Å². The lowest BCUT2D eigenvalue weighted by Crippen LogP contribution is -2.17. The highest BCUT2D eigenvalue weighted by Crippen LogP contribution is 2.10. The highest BCUT2D eigenvalue weighted by Gasteiger charge is 2.13. The fourth-order valence-electron chi connectivity index (χ4n) is 2.02. The van der Waals surface area contributed by atoms with Crippen LogP contribution in [-0.4, -0.2) is 24.1 Å². The molecule has 0 saturated carbocycles. The van der Waals surface area contributed by atoms with Crippen molar-refractivity contribution in [3.05, 3.63) is 12.7 Å². The van der Waals surface area contributed by atoms with Crippen molar-refractivity contribution in [2.24, 2.45) is 0 Å². The molecular weight excluding hydrogens is 292 g/mol. The highest BCUT2D eigenvalue weighted by atomic mass is 16.5. The second-order valence-corrected chi connectivity index (χ2v) is 5.39. The van der Waals surface area contributed by atoms with Crippen LogP contribution in [-0.2, 0) is 19.1 Å². The maximum absolute atomic E-state index is 11.8. The Morgan fingerprint density at radius 2 is 1.74 bits per heavy atom. The molecule has 0 heterocycles. The van der Waals surface area contributed by atoms with Crippen molar-refractivity contribution in [3.63, 3.8) is 0 Å². The molecule has 0 radical (unpaired) electrons. The van der Waals surface area contributed by atoms with Crippen molar-refractivity contribution in [1.82, 2.24) is 0 Å². The number of rotatable bonds is 12. The van der Waals surface area contributed by atoms with Gasteiger partial charge in [0.05, 0.1) is 0 Å². The first-order valence-corrected chi connectivity index (χ1v) is 8.51. The van der Waals surface area contributed by atoms with Crippen molar-refractivity contribution in [1.29, 1.82) is 0 Å². The minimum absolute atomic E-state index is 0.200. The van der Waals surface area contributed by atoms with Crippen LogP contribution in [0.4, 0.5) is 0 Å². The lowest BCUT2D eigenvalue weighted by atomic mass is 10.1. The van der Waals surface area contributed by atoms with Crippen LogP contribution in [0.25, 0.3) is 0 Å². The van der Waals surface area contributed by atoms with Crippen LogP contribution in [0.2, 0.25) is 0 Å². The van der Waals surface area contributed by atoms with Gasteiger partial charge in [0.25, 0.3) is 0 Å². The lowest BCUT2D eigenvalue weighted by molar-refractivity contribution is -0.148. The van der Waals surface area contributed by atoms with Gasteiger partial charge in [-0.1, -0.05) is 45.3 Å². The summed E-state index contributed by atoms with van der Waals surface area (Å²) in [4.78, 5) is 23.4. The first-order valence-electron chi connectivity index (χ1n) is 8.51. The molecule has 0 N–H and O–H groups in total. The summed E-state index contributed by atoms with van der Waals surface area (Å²) in [6.07, 6.45) is 6.64. The topological polar surface area (TPSA) is 52.6 Å². The van der Waals surface area contributed by atoms with Crippen LogP contribution in [0.5, 0.6) is 0 Å². The molecule has 0 aromatic carbocycles. The van der Waals surface area contributed by atoms with Crippen molar-refractivity contribution < 1.29 is 19.1 Å². The second kappa shape index (κ2) is 13.9. The highest BCUT2D eigenvalue weighted by molar-refractivity contribution is 5.73. The zero-order chi connectivity index (χ0) is 17.5. The SMILES string of the molecule is C=CC(CCCCC)OC(=O)CCCC(=O)OC(C#CC)CC. The molecule has 0 aliphatic rings. The van der Waals surface area contributed by atoms with Gasteiger partial charge in [0, 0.05) is 12.8 Å². The summed E-state index contributed by atoms with van der Waals surface area (Å²) in [7, 11) is 0. The van der Waals surface area contributed by atoms with Crippen LogP contribution in [0, 0.1) is 11.8 Å². The van der Waals surface area contributed by atoms with E-state index in [0.29, 0.717) is 12.8 Å². The quantitative estimate of drug-likeness (QED) is 0.234. The van der Waals surface area contributed by atoms with E-state index < -0.39 is 0 Å². The normalized spacial score (nSPS) is 12.5. The Morgan fingerprint density at radius 1 is 1.09 bits per heavy atom. The number of hydrogen-bond acceptors (Lipinski definition) is 4. The molecule has 2 unspecified atom stereocenters. The first-order chi connectivity index (χ1) is 11.1. The smallest absolute Gasteiger partial charge is 0.307 e. The van der Waals surface area contributed by atoms with E-state index in [1.807, 2.05) is 6.92 Å². The molecule has 0 rings (SSSR count). The minimum atomic E-state index is -0.358. The molecule has 0 spiro atoms. The van der Waals surface area contributed by atoms with Gasteiger partial charge in [-0.05, 0) is 32.6 Å². The van der Waals surface area contributed by atoms with Gasteiger partial charge in [0.15, 0.2) is 6.10 Å². The Bertz CT molecular complexity index is 417. The summed E-state index contributed by atoms with van der Waals surface area (Å²) in [6, 6.07) is 0. The van der Waals surface area contributed by atoms with Crippen LogP contribution in [0.3, 0.4) is 0 Å². The summed E-state index contributed by atoms with van der Waals surface area (Å²) in [5, 5.41) is 0. The summed E-state index contributed by atoms with van der Waals surface area (Å²) in [6.45, 7) is 9.45. The maximum Gasteiger partial charge on any atom is 0.307 e. The Balaban J connectivity index is 3.97. The number of ether oxygens (including phenoxy) is 2. The summed E-state index contributed by atoms with van der Waals surface area (Å²) in [5.74, 6) is 4.95. The lowest BCUT2D eigenvalue weighted by Gasteiger charge is -2.14. The van der Waals surface area contributed by atoms with Crippen LogP contribution in [0.1, 0.15) is 72.1 Å². The summed E-state index contributed by atoms with van der Waals surface area (Å²) in [5.41, 5.74) is 0. The van der Waals surface area contributed by atoms with Crippen molar-refractivity contribution >= 4 is 11.9 Å². The van der Waals surface area contributed by atoms with Crippen molar-refractivity contribution in [2.45, 2.75) is 84.3 Å². The molecular formula is C19H30O4. The molecule has 2 atom stereocenters. The van der Waals surface area contributed by atoms with E-state index in [0.717, 1.165) is 25.7 Å². The van der Waals surface area contributed by atoms with Gasteiger partial charge in [-0.2, -0.15) is 0 Å². The van der Waals surface area contributed by atoms with Crippen molar-refractivity contribution in [3.8, 4) is 11.8 Å². The van der Waals surface area contributed by atoms with Gasteiger partial charge in [-0.15, -0.1) is 5.92 Å². The van der Waals surface area contributed by atoms with E-state index in [9.17, 15) is 9.59 Å². The average Bonchev–Trinajstić information content (AvgIpc) is 2.53. The van der Waals surface area contributed by atoms with E-state index in [4.69, 9.17) is 9.47 Å². The minimum Gasteiger partial charge on any atom is -0.458 e. The predicted molar refractivity (Wildman–Crippen MR) is 91.7 cm³/mol. The molecule has 0 fully saturated rings. The van der Waals surface area contributed by atoms with Gasteiger partial charge in [0.2, 0.25) is 0 Å². The van der Waals surface area contributed by atoms with E-state index >= 15 is 0 Å². The van der Waals surface area contributed by atoms with Crippen molar-refractivity contribution in [2.75, 3.05) is 0 Å². The fraction of sp³-hybridized carbons (Fsp3) is 0.684. The molecule has 130 valence electrons. The third-order valence-electron chi connectivity index (χ3n) is 3.35. The third kappa shape index (κ3) is 11.5. The average molecular weight is 322 g/mol. The zero-order valence-electron chi connectivity index (χ0n) is 14.7. The monoisotopic (exact) mass is 322 g/mol. The number of carbonyl (C=O) groups is 2. The number of unbranched alkanes of at least 4 members (excludes halogenated alkanes) is 2. The fourth-order valence-corrected chi connectivity index (χ4v) is 2.02. The molecule has 0 aromatic heterocycles. The van der Waals surface area contributed by atoms with E-state index in [2.05, 4.69) is 25.3 Å². The third-order valence-corrected chi connectivity index (χ3v) is 3.35. The molecule has 23 heavy (non-hydrogen) atoms. The first kappa shape index (κ1) is 21.2. The molecule has 0 bridgehead atoms. The van der Waals surface area contributed by atoms with E-state index in [1.54, 1.807) is 13.0 Å². The Hall–Kier alpha value is -1.76. The number of hydrogen-bond donors (Lipinski definition) is 0. The molecule has 0 saturated heterocycles. The van der Waals surface area contributed by atoms with Gasteiger partial charge >= 0.3 is 11.9 Å². The second-order valence-electron chi connectivity index (χ2n) is 5.39. The van der Waals surface area contributed by atoms with Crippen LogP contribution >= 0.6 is 0 Å². The zero-order valence-corrected chi connectivity index (χ0v) is 14.7. The van der Waals surface area contributed by atoms with Crippen LogP contribution < -0.4 is 0 Å². The summed E-state index contributed by atoms with van der Waals surface area (Å²) < 4.78 is 10.5. The largest absolute Gasteiger partial charge is 0.458 e. The standard InChI is InChI=1S/C19H30O4/c1-5-9-10-13-17(8-4)23-19(21)15-11-14-18(20)22-16(7-3)12-6-2/h8,16-17H,4-5,7,9-11,13-15H2,1-3H3. The Labute approximate surface area is 140 Å². The number of carbonyl (C=O) groups excluding carboxylic acids is 2. The molecule has 0 amide bonds. The van der Waals surface area contributed by atoms with Gasteiger partial charge < -0.3 is 9.47 Å². The predicted octanol–water partition coefficient (Wildman–Crippen LogP) is 4.18. The molecule has 0 aliphatic heterocycles. The van der Waals surface area contributed by atoms with E-state index in [1.165, 1.54) is 0 Å². The molecule has 0 aromatic rings. The summed E-state index contributed by atoms with van der Waals surface area (Å²) >= 11 is 0. The molecule has 4 nitrogen and oxygen atoms in total. The molecule has 0 aliphatic carbocycles. The maximum atomic E-state index is 11.8. The van der Waals surface area contributed by atoms with Gasteiger partial charge in [0.1, 0.15) is 6.10 Å². The Morgan fingerprint density at radius 3 is 2.26 bits per heavy atom. The molecule has 4 heteroatoms. The van der Waals surface area contributed by atoms with Crippen LogP contribution in [0.15, 0.2) is 12.7 Å². The van der Waals surface area contributed by atoms with Gasteiger partial charge in [-0.25, -0.2) is 0 Å². The van der Waals surface area contributed by atoms with Gasteiger partial charge in [-0.3, -0.25) is 9.59 Å². The Kier molecular flexibility index (Phi) is 12.8. The number of esters is 2.